The Balaban J connectivity index is 4.30. The first-order valence-electron chi connectivity index (χ1n) is 4.39. The van der Waals surface area contributed by atoms with E-state index in [2.05, 4.69) is 0 Å². The molecule has 78 valence electrons. The van der Waals surface area contributed by atoms with Crippen LogP contribution in [0.25, 0.3) is 0 Å². The SMILES string of the molecule is CC(C)(CO)[N+](C)(C)CCC(=O)O. The average Bonchev–Trinajstić information content (AvgIpc) is 2.01. The Morgan fingerprint density at radius 1 is 1.38 bits per heavy atom. The molecule has 13 heavy (non-hydrogen) atoms. The summed E-state index contributed by atoms with van der Waals surface area (Å²) >= 11 is 0. The van der Waals surface area contributed by atoms with Gasteiger partial charge in [-0.3, -0.25) is 4.79 Å². The van der Waals surface area contributed by atoms with Crippen LogP contribution in [-0.4, -0.2) is 53.5 Å². The number of aliphatic hydroxyl groups excluding tert-OH is 1. The van der Waals surface area contributed by atoms with E-state index in [1.54, 1.807) is 0 Å². The summed E-state index contributed by atoms with van der Waals surface area (Å²) in [5, 5.41) is 17.7. The zero-order chi connectivity index (χ0) is 10.7. The van der Waals surface area contributed by atoms with Gasteiger partial charge in [0, 0.05) is 0 Å². The van der Waals surface area contributed by atoms with Crippen molar-refractivity contribution in [2.24, 2.45) is 0 Å². The molecule has 0 aromatic heterocycles. The Morgan fingerprint density at radius 3 is 2.15 bits per heavy atom. The molecule has 0 bridgehead atoms. The number of nitrogens with zero attached hydrogens (tertiary/aromatic N) is 1. The molecule has 0 fully saturated rings. The van der Waals surface area contributed by atoms with Crippen molar-refractivity contribution in [3.8, 4) is 0 Å². The molecule has 0 aliphatic heterocycles. The number of carboxylic acid groups (broad SMARTS) is 1. The quantitative estimate of drug-likeness (QED) is 0.613. The van der Waals surface area contributed by atoms with Crippen molar-refractivity contribution < 1.29 is 19.5 Å². The fourth-order valence-corrected chi connectivity index (χ4v) is 0.869. The molecule has 0 saturated carbocycles. The minimum atomic E-state index is -0.792. The minimum absolute atomic E-state index is 0.0552. The molecule has 0 aromatic carbocycles. The van der Waals surface area contributed by atoms with Crippen molar-refractivity contribution in [3.63, 3.8) is 0 Å². The lowest BCUT2D eigenvalue weighted by atomic mass is 10.0. The Kier molecular flexibility index (Phi) is 3.88. The molecule has 0 aliphatic carbocycles. The van der Waals surface area contributed by atoms with E-state index in [0.717, 1.165) is 0 Å². The van der Waals surface area contributed by atoms with Gasteiger partial charge in [0.05, 0.1) is 33.7 Å². The summed E-state index contributed by atoms with van der Waals surface area (Å²) in [6.07, 6.45) is 0.135. The molecular weight excluding hydrogens is 170 g/mol. The van der Waals surface area contributed by atoms with E-state index < -0.39 is 5.97 Å². The second kappa shape index (κ2) is 4.07. The van der Waals surface area contributed by atoms with Crippen molar-refractivity contribution in [1.82, 2.24) is 0 Å². The summed E-state index contributed by atoms with van der Waals surface area (Å²) in [6, 6.07) is 0. The molecule has 0 radical (unpaired) electrons. The number of likely N-dealkylation sites (N-methyl/N-ethyl adjacent to an activating group) is 1. The van der Waals surface area contributed by atoms with Crippen LogP contribution in [-0.2, 0) is 4.79 Å². The van der Waals surface area contributed by atoms with Crippen molar-refractivity contribution in [2.75, 3.05) is 27.2 Å². The maximum Gasteiger partial charge on any atom is 0.309 e. The molecule has 4 nitrogen and oxygen atoms in total. The molecular formula is C9H20NO3+. The number of rotatable bonds is 5. The van der Waals surface area contributed by atoms with Crippen LogP contribution in [0.4, 0.5) is 0 Å². The molecule has 0 saturated heterocycles. The molecule has 0 aromatic rings. The summed E-state index contributed by atoms with van der Waals surface area (Å²) in [5.41, 5.74) is -0.296. The first-order valence-corrected chi connectivity index (χ1v) is 4.39. The van der Waals surface area contributed by atoms with Gasteiger partial charge < -0.3 is 14.7 Å². The fraction of sp³-hybridized carbons (Fsp3) is 0.889. The van der Waals surface area contributed by atoms with E-state index in [0.29, 0.717) is 11.0 Å². The lowest BCUT2D eigenvalue weighted by Crippen LogP contribution is -2.58. The van der Waals surface area contributed by atoms with Crippen LogP contribution in [0, 0.1) is 0 Å². The highest BCUT2D eigenvalue weighted by molar-refractivity contribution is 5.66. The van der Waals surface area contributed by atoms with E-state index in [-0.39, 0.29) is 18.6 Å². The first-order chi connectivity index (χ1) is 5.73. The van der Waals surface area contributed by atoms with Gasteiger partial charge in [-0.05, 0) is 13.8 Å². The van der Waals surface area contributed by atoms with Crippen LogP contribution >= 0.6 is 0 Å². The second-order valence-corrected chi connectivity index (χ2v) is 4.52. The molecule has 0 rings (SSSR count). The minimum Gasteiger partial charge on any atom is -0.481 e. The molecule has 0 heterocycles. The average molecular weight is 190 g/mol. The van der Waals surface area contributed by atoms with Crippen molar-refractivity contribution in [3.05, 3.63) is 0 Å². The Labute approximate surface area is 79.4 Å². The summed E-state index contributed by atoms with van der Waals surface area (Å²) in [5.74, 6) is -0.792. The highest BCUT2D eigenvalue weighted by Crippen LogP contribution is 2.19. The van der Waals surface area contributed by atoms with Gasteiger partial charge in [0.1, 0.15) is 5.54 Å². The van der Waals surface area contributed by atoms with E-state index >= 15 is 0 Å². The van der Waals surface area contributed by atoms with Crippen molar-refractivity contribution in [1.29, 1.82) is 0 Å². The third-order valence-corrected chi connectivity index (χ3v) is 2.91. The fourth-order valence-electron chi connectivity index (χ4n) is 0.869. The molecule has 4 heteroatoms. The molecule has 0 unspecified atom stereocenters. The summed E-state index contributed by atoms with van der Waals surface area (Å²) < 4.78 is 0.510. The van der Waals surface area contributed by atoms with E-state index in [1.807, 2.05) is 27.9 Å². The third kappa shape index (κ3) is 3.32. The summed E-state index contributed by atoms with van der Waals surface area (Å²) in [7, 11) is 3.86. The molecule has 0 atom stereocenters. The van der Waals surface area contributed by atoms with Crippen LogP contribution in [0.15, 0.2) is 0 Å². The van der Waals surface area contributed by atoms with Gasteiger partial charge in [0.15, 0.2) is 0 Å². The largest absolute Gasteiger partial charge is 0.481 e. The van der Waals surface area contributed by atoms with Gasteiger partial charge in [-0.25, -0.2) is 0 Å². The van der Waals surface area contributed by atoms with Crippen molar-refractivity contribution in [2.45, 2.75) is 25.8 Å². The molecule has 0 amide bonds. The highest BCUT2D eigenvalue weighted by Gasteiger charge is 2.35. The zero-order valence-electron chi connectivity index (χ0n) is 8.87. The van der Waals surface area contributed by atoms with Crippen LogP contribution < -0.4 is 0 Å². The highest BCUT2D eigenvalue weighted by atomic mass is 16.4. The summed E-state index contributed by atoms with van der Waals surface area (Å²) in [4.78, 5) is 10.4. The maximum absolute atomic E-state index is 10.4. The lowest BCUT2D eigenvalue weighted by molar-refractivity contribution is -0.937. The van der Waals surface area contributed by atoms with Crippen LogP contribution in [0.5, 0.6) is 0 Å². The predicted octanol–water partition coefficient (Wildman–Crippen LogP) is 0.308. The van der Waals surface area contributed by atoms with Gasteiger partial charge in [0.25, 0.3) is 0 Å². The van der Waals surface area contributed by atoms with Gasteiger partial charge in [-0.1, -0.05) is 0 Å². The maximum atomic E-state index is 10.4. The number of hydrogen-bond acceptors (Lipinski definition) is 2. The summed E-state index contributed by atoms with van der Waals surface area (Å²) in [6.45, 7) is 4.44. The van der Waals surface area contributed by atoms with Crippen LogP contribution in [0.3, 0.4) is 0 Å². The lowest BCUT2D eigenvalue weighted by Gasteiger charge is -2.43. The number of aliphatic hydroxyl groups is 1. The molecule has 0 aliphatic rings. The van der Waals surface area contributed by atoms with Gasteiger partial charge in [-0.2, -0.15) is 0 Å². The topological polar surface area (TPSA) is 57.5 Å². The number of carboxylic acids is 1. The Morgan fingerprint density at radius 2 is 1.85 bits per heavy atom. The van der Waals surface area contributed by atoms with Gasteiger partial charge in [-0.15, -0.1) is 0 Å². The Hall–Kier alpha value is -0.610. The van der Waals surface area contributed by atoms with Gasteiger partial charge in [0.2, 0.25) is 0 Å². The van der Waals surface area contributed by atoms with E-state index in [4.69, 9.17) is 10.2 Å². The normalized spacial score (nSPS) is 13.0. The van der Waals surface area contributed by atoms with Crippen LogP contribution in [0.2, 0.25) is 0 Å². The van der Waals surface area contributed by atoms with E-state index in [9.17, 15) is 4.79 Å². The van der Waals surface area contributed by atoms with Crippen molar-refractivity contribution >= 4 is 5.97 Å². The standard InChI is InChI=1S/C9H19NO3/c1-9(2,7-11)10(3,4)6-5-8(12)13/h11H,5-7H2,1-4H3/p+1. The van der Waals surface area contributed by atoms with Crippen LogP contribution in [0.1, 0.15) is 20.3 Å². The van der Waals surface area contributed by atoms with Gasteiger partial charge >= 0.3 is 5.97 Å². The number of carbonyl (C=O) groups is 1. The molecule has 2 N–H and O–H groups in total. The Bertz CT molecular complexity index is 187. The number of aliphatic carboxylic acids is 1. The third-order valence-electron chi connectivity index (χ3n) is 2.91. The van der Waals surface area contributed by atoms with E-state index in [1.165, 1.54) is 0 Å². The number of quaternary nitrogens is 1. The molecule has 0 spiro atoms. The monoisotopic (exact) mass is 190 g/mol. The second-order valence-electron chi connectivity index (χ2n) is 4.52. The zero-order valence-corrected chi connectivity index (χ0v) is 8.87. The smallest absolute Gasteiger partial charge is 0.309 e. The number of hydrogen-bond donors (Lipinski definition) is 2. The predicted molar refractivity (Wildman–Crippen MR) is 50.4 cm³/mol. The first kappa shape index (κ1) is 12.4.